The highest BCUT2D eigenvalue weighted by Crippen LogP contribution is 2.09. The number of aliphatic hydroxyl groups is 1. The van der Waals surface area contributed by atoms with Gasteiger partial charge in [-0.05, 0) is 0 Å². The number of rotatable bonds is 6. The Bertz CT molecular complexity index is 549. The van der Waals surface area contributed by atoms with E-state index in [-0.39, 0.29) is 24.4 Å². The van der Waals surface area contributed by atoms with Crippen molar-refractivity contribution in [3.63, 3.8) is 0 Å². The lowest BCUT2D eigenvalue weighted by molar-refractivity contribution is 0.00376. The van der Waals surface area contributed by atoms with Crippen LogP contribution in [0.3, 0.4) is 0 Å². The van der Waals surface area contributed by atoms with E-state index >= 15 is 0 Å². The Morgan fingerprint density at radius 1 is 1.30 bits per heavy atom. The van der Waals surface area contributed by atoms with Crippen LogP contribution >= 0.6 is 0 Å². The zero-order valence-corrected chi connectivity index (χ0v) is 10.5. The summed E-state index contributed by atoms with van der Waals surface area (Å²) in [7, 11) is 1.62. The number of aliphatic hydroxyl groups excluding tert-OH is 1. The van der Waals surface area contributed by atoms with Crippen molar-refractivity contribution in [1.29, 1.82) is 0 Å². The molecule has 0 aromatic carbocycles. The second kappa shape index (κ2) is 6.19. The van der Waals surface area contributed by atoms with Crippen molar-refractivity contribution >= 4 is 11.9 Å². The van der Waals surface area contributed by atoms with Gasteiger partial charge in [-0.3, -0.25) is 4.57 Å². The van der Waals surface area contributed by atoms with Gasteiger partial charge in [0.05, 0.1) is 0 Å². The van der Waals surface area contributed by atoms with Gasteiger partial charge in [-0.1, -0.05) is 0 Å². The van der Waals surface area contributed by atoms with E-state index in [1.54, 1.807) is 19.4 Å². The maximum atomic E-state index is 12.2. The van der Waals surface area contributed by atoms with Gasteiger partial charge in [0.25, 0.3) is 6.43 Å². The molecule has 1 unspecified atom stereocenters. The molecule has 2 heterocycles. The first-order chi connectivity index (χ1) is 9.60. The molecule has 0 bridgehead atoms. The summed E-state index contributed by atoms with van der Waals surface area (Å²) in [5, 5.41) is 14.3. The lowest BCUT2D eigenvalue weighted by atomic mass is 10.4. The van der Waals surface area contributed by atoms with Crippen LogP contribution < -0.4 is 10.6 Å². The van der Waals surface area contributed by atoms with Gasteiger partial charge in [0.2, 0.25) is 17.8 Å². The fourth-order valence-electron chi connectivity index (χ4n) is 1.33. The minimum atomic E-state index is -2.83. The predicted molar refractivity (Wildman–Crippen MR) is 67.0 cm³/mol. The van der Waals surface area contributed by atoms with E-state index in [1.807, 2.05) is 0 Å². The first-order valence-corrected chi connectivity index (χ1v) is 5.72. The molecule has 0 radical (unpaired) electrons. The summed E-state index contributed by atoms with van der Waals surface area (Å²) in [5.41, 5.74) is 0. The van der Waals surface area contributed by atoms with Gasteiger partial charge in [0, 0.05) is 26.0 Å². The average molecular weight is 285 g/mol. The molecule has 2 rings (SSSR count). The van der Waals surface area contributed by atoms with Crippen LogP contribution in [0.2, 0.25) is 0 Å². The zero-order chi connectivity index (χ0) is 14.5. The molecule has 0 spiro atoms. The van der Waals surface area contributed by atoms with Crippen LogP contribution in [-0.4, -0.2) is 55.7 Å². The highest BCUT2D eigenvalue weighted by atomic mass is 19.3. The van der Waals surface area contributed by atoms with E-state index in [0.717, 1.165) is 0 Å². The third kappa shape index (κ3) is 3.35. The molecule has 0 aliphatic carbocycles. The summed E-state index contributed by atoms with van der Waals surface area (Å²) in [6.45, 7) is -0.367. The molecular formula is C10H13F2N7O. The minimum absolute atomic E-state index is 0.0766. The summed E-state index contributed by atoms with van der Waals surface area (Å²) < 4.78 is 26.0. The van der Waals surface area contributed by atoms with Crippen molar-refractivity contribution in [2.24, 2.45) is 0 Å². The van der Waals surface area contributed by atoms with Gasteiger partial charge in [-0.15, -0.1) is 0 Å². The van der Waals surface area contributed by atoms with Gasteiger partial charge < -0.3 is 15.7 Å². The minimum Gasteiger partial charge on any atom is -0.385 e. The molecule has 20 heavy (non-hydrogen) atoms. The molecule has 2 aromatic rings. The Kier molecular flexibility index (Phi) is 4.35. The molecule has 0 amide bonds. The van der Waals surface area contributed by atoms with Crippen molar-refractivity contribution in [1.82, 2.24) is 24.5 Å². The SMILES string of the molecule is CNc1nc(NCC(O)C(F)F)nc(-n2ccnc2)n1. The fourth-order valence-corrected chi connectivity index (χ4v) is 1.33. The number of anilines is 2. The molecular weight excluding hydrogens is 272 g/mol. The molecule has 0 saturated heterocycles. The Morgan fingerprint density at radius 3 is 2.65 bits per heavy atom. The normalized spacial score (nSPS) is 12.4. The van der Waals surface area contributed by atoms with Crippen molar-refractivity contribution in [3.8, 4) is 5.95 Å². The first-order valence-electron chi connectivity index (χ1n) is 5.72. The molecule has 2 aromatic heterocycles. The van der Waals surface area contributed by atoms with Crippen molar-refractivity contribution in [3.05, 3.63) is 18.7 Å². The fraction of sp³-hybridized carbons (Fsp3) is 0.400. The second-order valence-electron chi connectivity index (χ2n) is 3.79. The Balaban J connectivity index is 2.18. The summed E-state index contributed by atoms with van der Waals surface area (Å²) in [6.07, 6.45) is 0.0537. The molecule has 0 aliphatic heterocycles. The van der Waals surface area contributed by atoms with Crippen molar-refractivity contribution in [2.75, 3.05) is 24.2 Å². The van der Waals surface area contributed by atoms with E-state index in [9.17, 15) is 8.78 Å². The molecule has 108 valence electrons. The average Bonchev–Trinajstić information content (AvgIpc) is 2.98. The third-order valence-electron chi connectivity index (χ3n) is 2.34. The van der Waals surface area contributed by atoms with Gasteiger partial charge in [0.15, 0.2) is 0 Å². The summed E-state index contributed by atoms with van der Waals surface area (Å²) in [4.78, 5) is 16.0. The zero-order valence-electron chi connectivity index (χ0n) is 10.5. The van der Waals surface area contributed by atoms with E-state index in [1.165, 1.54) is 10.9 Å². The van der Waals surface area contributed by atoms with Crippen LogP contribution in [0.5, 0.6) is 0 Å². The molecule has 0 saturated carbocycles. The van der Waals surface area contributed by atoms with Crippen LogP contribution in [0.25, 0.3) is 5.95 Å². The van der Waals surface area contributed by atoms with Gasteiger partial charge >= 0.3 is 0 Å². The summed E-state index contributed by atoms with van der Waals surface area (Å²) in [6, 6.07) is 0. The molecule has 0 fully saturated rings. The Labute approximate surface area is 112 Å². The smallest absolute Gasteiger partial charge is 0.265 e. The monoisotopic (exact) mass is 285 g/mol. The van der Waals surface area contributed by atoms with E-state index in [0.29, 0.717) is 0 Å². The van der Waals surface area contributed by atoms with Crippen LogP contribution in [0.1, 0.15) is 0 Å². The molecule has 1 atom stereocenters. The van der Waals surface area contributed by atoms with E-state index in [4.69, 9.17) is 5.11 Å². The largest absolute Gasteiger partial charge is 0.385 e. The highest BCUT2D eigenvalue weighted by molar-refractivity contribution is 5.37. The van der Waals surface area contributed by atoms with Crippen LogP contribution in [-0.2, 0) is 0 Å². The number of nitrogens with zero attached hydrogens (tertiary/aromatic N) is 5. The predicted octanol–water partition coefficient (Wildman–Crippen LogP) is 0.137. The van der Waals surface area contributed by atoms with Crippen LogP contribution in [0, 0.1) is 0 Å². The maximum Gasteiger partial charge on any atom is 0.265 e. The Hall–Kier alpha value is -2.36. The lowest BCUT2D eigenvalue weighted by Crippen LogP contribution is -2.27. The van der Waals surface area contributed by atoms with Crippen molar-refractivity contribution < 1.29 is 13.9 Å². The van der Waals surface area contributed by atoms with Gasteiger partial charge in [0.1, 0.15) is 12.4 Å². The van der Waals surface area contributed by atoms with Crippen LogP contribution in [0.15, 0.2) is 18.7 Å². The van der Waals surface area contributed by atoms with Gasteiger partial charge in [-0.2, -0.15) is 15.0 Å². The lowest BCUT2D eigenvalue weighted by Gasteiger charge is -2.12. The number of hydrogen-bond donors (Lipinski definition) is 3. The molecule has 0 aliphatic rings. The molecule has 3 N–H and O–H groups in total. The topological polar surface area (TPSA) is 101 Å². The highest BCUT2D eigenvalue weighted by Gasteiger charge is 2.17. The van der Waals surface area contributed by atoms with Crippen molar-refractivity contribution in [2.45, 2.75) is 12.5 Å². The summed E-state index contributed by atoms with van der Waals surface area (Å²) >= 11 is 0. The molecule has 8 nitrogen and oxygen atoms in total. The quantitative estimate of drug-likeness (QED) is 0.694. The Morgan fingerprint density at radius 2 is 2.05 bits per heavy atom. The standard InChI is InChI=1S/C10H13F2N7O/c1-13-8-16-9(15-4-6(20)7(11)12)18-10(17-8)19-3-2-14-5-19/h2-3,5-7,20H,4H2,1H3,(H2,13,15,16,17,18). The third-order valence-corrected chi connectivity index (χ3v) is 2.34. The number of alkyl halides is 2. The number of hydrogen-bond acceptors (Lipinski definition) is 7. The first kappa shape index (κ1) is 14.1. The van der Waals surface area contributed by atoms with Crippen LogP contribution in [0.4, 0.5) is 20.7 Å². The summed E-state index contributed by atoms with van der Waals surface area (Å²) in [5.74, 6) is 0.612. The number of nitrogens with one attached hydrogen (secondary N) is 2. The second-order valence-corrected chi connectivity index (χ2v) is 3.79. The maximum absolute atomic E-state index is 12.2. The van der Waals surface area contributed by atoms with E-state index in [2.05, 4.69) is 30.6 Å². The van der Waals surface area contributed by atoms with Gasteiger partial charge in [-0.25, -0.2) is 13.8 Å². The number of aromatic nitrogens is 5. The molecule has 10 heteroatoms. The van der Waals surface area contributed by atoms with E-state index < -0.39 is 12.5 Å². The number of imidazole rings is 1. The number of halogens is 2.